The van der Waals surface area contributed by atoms with E-state index in [1.807, 2.05) is 0 Å². The standard InChI is InChI=1S/C12H12N2O5/c1-6(15)13-11(12(17)18)7-2-3-9-8(4-7)14-10(16)5-19-9/h2-4,11H,5H2,1H3,(H,13,15)(H,14,16)(H,17,18). The summed E-state index contributed by atoms with van der Waals surface area (Å²) in [4.78, 5) is 33.3. The van der Waals surface area contributed by atoms with Crippen molar-refractivity contribution in [3.8, 4) is 5.75 Å². The van der Waals surface area contributed by atoms with Crippen LogP contribution in [-0.4, -0.2) is 29.5 Å². The molecule has 0 aromatic heterocycles. The number of ether oxygens (including phenoxy) is 1. The zero-order valence-corrected chi connectivity index (χ0v) is 10.1. The highest BCUT2D eigenvalue weighted by molar-refractivity contribution is 5.95. The Morgan fingerprint density at radius 2 is 2.21 bits per heavy atom. The SMILES string of the molecule is CC(=O)NC(C(=O)O)c1ccc2c(c1)NC(=O)CO2. The van der Waals surface area contributed by atoms with E-state index >= 15 is 0 Å². The summed E-state index contributed by atoms with van der Waals surface area (Å²) in [5, 5.41) is 14.0. The van der Waals surface area contributed by atoms with Gasteiger partial charge in [0.2, 0.25) is 5.91 Å². The van der Waals surface area contributed by atoms with Crippen LogP contribution in [0.4, 0.5) is 5.69 Å². The Labute approximate surface area is 108 Å². The van der Waals surface area contributed by atoms with Gasteiger partial charge in [-0.25, -0.2) is 4.79 Å². The first-order valence-corrected chi connectivity index (χ1v) is 5.54. The smallest absolute Gasteiger partial charge is 0.330 e. The molecule has 0 saturated heterocycles. The van der Waals surface area contributed by atoms with Gasteiger partial charge >= 0.3 is 5.97 Å². The zero-order valence-electron chi connectivity index (χ0n) is 10.1. The van der Waals surface area contributed by atoms with E-state index in [1.165, 1.54) is 19.1 Å². The molecule has 1 aromatic rings. The van der Waals surface area contributed by atoms with Gasteiger partial charge in [-0.2, -0.15) is 0 Å². The van der Waals surface area contributed by atoms with Crippen LogP contribution in [0.25, 0.3) is 0 Å². The number of nitrogens with one attached hydrogen (secondary N) is 2. The Morgan fingerprint density at radius 3 is 2.84 bits per heavy atom. The second kappa shape index (κ2) is 4.97. The highest BCUT2D eigenvalue weighted by atomic mass is 16.5. The van der Waals surface area contributed by atoms with Crippen molar-refractivity contribution in [3.05, 3.63) is 23.8 Å². The Balaban J connectivity index is 2.33. The van der Waals surface area contributed by atoms with Gasteiger partial charge < -0.3 is 20.5 Å². The van der Waals surface area contributed by atoms with Crippen molar-refractivity contribution in [1.82, 2.24) is 5.32 Å². The summed E-state index contributed by atoms with van der Waals surface area (Å²) in [6, 6.07) is 3.40. The lowest BCUT2D eigenvalue weighted by atomic mass is 10.1. The third-order valence-electron chi connectivity index (χ3n) is 2.56. The van der Waals surface area contributed by atoms with Crippen molar-refractivity contribution >= 4 is 23.5 Å². The number of benzene rings is 1. The van der Waals surface area contributed by atoms with Gasteiger partial charge in [0.15, 0.2) is 12.6 Å². The summed E-state index contributed by atoms with van der Waals surface area (Å²) in [6.07, 6.45) is 0. The molecule has 3 N–H and O–H groups in total. The molecular weight excluding hydrogens is 252 g/mol. The molecule has 1 aliphatic heterocycles. The predicted octanol–water partition coefficient (Wildman–Crippen LogP) is 0.279. The molecule has 19 heavy (non-hydrogen) atoms. The first-order chi connectivity index (χ1) is 8.97. The van der Waals surface area contributed by atoms with Crippen LogP contribution in [0.5, 0.6) is 5.75 Å². The topological polar surface area (TPSA) is 105 Å². The van der Waals surface area contributed by atoms with E-state index in [0.29, 0.717) is 17.0 Å². The van der Waals surface area contributed by atoms with Crippen LogP contribution in [0.15, 0.2) is 18.2 Å². The Bertz CT molecular complexity index is 555. The van der Waals surface area contributed by atoms with Crippen LogP contribution < -0.4 is 15.4 Å². The number of hydrogen-bond acceptors (Lipinski definition) is 4. The third-order valence-corrected chi connectivity index (χ3v) is 2.56. The summed E-state index contributed by atoms with van der Waals surface area (Å²) in [6.45, 7) is 1.17. The highest BCUT2D eigenvalue weighted by Crippen LogP contribution is 2.30. The first-order valence-electron chi connectivity index (χ1n) is 5.54. The number of rotatable bonds is 3. The van der Waals surface area contributed by atoms with E-state index in [9.17, 15) is 14.4 Å². The van der Waals surface area contributed by atoms with Gasteiger partial charge in [0.1, 0.15) is 5.75 Å². The minimum absolute atomic E-state index is 0.0690. The van der Waals surface area contributed by atoms with E-state index in [1.54, 1.807) is 6.07 Å². The van der Waals surface area contributed by atoms with Crippen LogP contribution in [-0.2, 0) is 14.4 Å². The Morgan fingerprint density at radius 1 is 1.47 bits per heavy atom. The van der Waals surface area contributed by atoms with Gasteiger partial charge in [-0.15, -0.1) is 0 Å². The molecule has 1 heterocycles. The number of aliphatic carboxylic acids is 1. The van der Waals surface area contributed by atoms with Gasteiger partial charge in [-0.05, 0) is 17.7 Å². The zero-order chi connectivity index (χ0) is 14.0. The Hall–Kier alpha value is -2.57. The molecule has 0 fully saturated rings. The minimum Gasteiger partial charge on any atom is -0.482 e. The number of fused-ring (bicyclic) bond motifs is 1. The van der Waals surface area contributed by atoms with Crippen molar-refractivity contribution in [2.45, 2.75) is 13.0 Å². The van der Waals surface area contributed by atoms with Crippen LogP contribution in [0.1, 0.15) is 18.5 Å². The highest BCUT2D eigenvalue weighted by Gasteiger charge is 2.23. The fourth-order valence-corrected chi connectivity index (χ4v) is 1.77. The van der Waals surface area contributed by atoms with Crippen molar-refractivity contribution in [2.75, 3.05) is 11.9 Å². The maximum absolute atomic E-state index is 11.2. The maximum Gasteiger partial charge on any atom is 0.330 e. The van der Waals surface area contributed by atoms with Crippen molar-refractivity contribution in [3.63, 3.8) is 0 Å². The van der Waals surface area contributed by atoms with Gasteiger partial charge in [0, 0.05) is 6.92 Å². The number of hydrogen-bond donors (Lipinski definition) is 3. The number of carboxylic acid groups (broad SMARTS) is 1. The van der Waals surface area contributed by atoms with Gasteiger partial charge in [-0.1, -0.05) is 6.07 Å². The van der Waals surface area contributed by atoms with Gasteiger partial charge in [0.05, 0.1) is 5.69 Å². The molecule has 7 heteroatoms. The van der Waals surface area contributed by atoms with Gasteiger partial charge in [0.25, 0.3) is 5.91 Å². The number of amides is 2. The van der Waals surface area contributed by atoms with Crippen molar-refractivity contribution < 1.29 is 24.2 Å². The molecule has 0 bridgehead atoms. The molecule has 0 saturated carbocycles. The van der Waals surface area contributed by atoms with E-state index in [2.05, 4.69) is 10.6 Å². The lowest BCUT2D eigenvalue weighted by Crippen LogP contribution is -2.32. The molecular formula is C12H12N2O5. The van der Waals surface area contributed by atoms with E-state index < -0.39 is 17.9 Å². The average molecular weight is 264 g/mol. The van der Waals surface area contributed by atoms with Gasteiger partial charge in [-0.3, -0.25) is 9.59 Å². The number of carbonyl (C=O) groups excluding carboxylic acids is 2. The van der Waals surface area contributed by atoms with E-state index in [-0.39, 0.29) is 12.5 Å². The van der Waals surface area contributed by atoms with Crippen molar-refractivity contribution in [2.24, 2.45) is 0 Å². The van der Waals surface area contributed by atoms with E-state index in [0.717, 1.165) is 0 Å². The molecule has 1 aromatic carbocycles. The molecule has 1 unspecified atom stereocenters. The summed E-state index contributed by atoms with van der Waals surface area (Å²) in [5.41, 5.74) is 0.748. The molecule has 0 aliphatic carbocycles. The second-order valence-corrected chi connectivity index (χ2v) is 4.06. The monoisotopic (exact) mass is 264 g/mol. The van der Waals surface area contributed by atoms with Crippen LogP contribution in [0.3, 0.4) is 0 Å². The lowest BCUT2D eigenvalue weighted by molar-refractivity contribution is -0.141. The predicted molar refractivity (Wildman–Crippen MR) is 64.8 cm³/mol. The fraction of sp³-hybridized carbons (Fsp3) is 0.250. The quantitative estimate of drug-likeness (QED) is 0.727. The number of anilines is 1. The molecule has 7 nitrogen and oxygen atoms in total. The summed E-state index contributed by atoms with van der Waals surface area (Å²) >= 11 is 0. The molecule has 0 spiro atoms. The molecule has 1 atom stereocenters. The average Bonchev–Trinajstić information content (AvgIpc) is 2.34. The molecule has 2 amide bonds. The minimum atomic E-state index is -1.18. The third kappa shape index (κ3) is 2.82. The normalized spacial score (nSPS) is 14.7. The van der Waals surface area contributed by atoms with Crippen LogP contribution in [0, 0.1) is 0 Å². The van der Waals surface area contributed by atoms with Crippen LogP contribution >= 0.6 is 0 Å². The molecule has 100 valence electrons. The molecule has 2 rings (SSSR count). The van der Waals surface area contributed by atoms with Crippen molar-refractivity contribution in [1.29, 1.82) is 0 Å². The Kier molecular flexibility index (Phi) is 3.37. The second-order valence-electron chi connectivity index (χ2n) is 4.06. The maximum atomic E-state index is 11.2. The summed E-state index contributed by atoms with van der Waals surface area (Å²) < 4.78 is 5.17. The lowest BCUT2D eigenvalue weighted by Gasteiger charge is -2.20. The van der Waals surface area contributed by atoms with E-state index in [4.69, 9.17) is 9.84 Å². The number of carbonyl (C=O) groups is 3. The largest absolute Gasteiger partial charge is 0.482 e. The number of carboxylic acids is 1. The summed E-state index contributed by atoms with van der Waals surface area (Å²) in [7, 11) is 0. The molecule has 1 aliphatic rings. The molecule has 0 radical (unpaired) electrons. The first kappa shape index (κ1) is 12.9. The van der Waals surface area contributed by atoms with Crippen LogP contribution in [0.2, 0.25) is 0 Å². The summed E-state index contributed by atoms with van der Waals surface area (Å²) in [5.74, 6) is -1.48. The fourth-order valence-electron chi connectivity index (χ4n) is 1.77.